The summed E-state index contributed by atoms with van der Waals surface area (Å²) in [7, 11) is 0. The molecule has 1 spiro atoms. The molecule has 2 N–H and O–H groups in total. The monoisotopic (exact) mass is 347 g/mol. The van der Waals surface area contributed by atoms with Gasteiger partial charge in [-0.25, -0.2) is 9.97 Å². The van der Waals surface area contributed by atoms with Gasteiger partial charge < -0.3 is 9.88 Å². The molecule has 0 atom stereocenters. The second-order valence-corrected chi connectivity index (χ2v) is 6.95. The lowest BCUT2D eigenvalue weighted by atomic mass is 9.89. The van der Waals surface area contributed by atoms with E-state index in [1.807, 2.05) is 12.1 Å². The Morgan fingerprint density at radius 1 is 1.30 bits per heavy atom. The molecule has 2 aromatic heterocycles. The Morgan fingerprint density at radius 2 is 2.13 bits per heavy atom. The summed E-state index contributed by atoms with van der Waals surface area (Å²) in [5.41, 5.74) is 1.84. The lowest BCUT2D eigenvalue weighted by molar-refractivity contribution is 0.168. The standard InChI is InChI=1S/C16H18ClN5S/c17-11-8-12(21-14-4-7-18-10-19-14)15(23)22-13(11)9-20-16(22)5-2-1-3-6-16/h4,7-8,10,20H,1-3,5-6,9H2,(H,18,19,21). The van der Waals surface area contributed by atoms with E-state index in [1.165, 1.54) is 25.6 Å². The first-order valence-corrected chi connectivity index (χ1v) is 8.71. The van der Waals surface area contributed by atoms with Gasteiger partial charge in [-0.05, 0) is 37.8 Å². The predicted octanol–water partition coefficient (Wildman–Crippen LogP) is 4.12. The molecule has 23 heavy (non-hydrogen) atoms. The number of anilines is 2. The van der Waals surface area contributed by atoms with Crippen LogP contribution in [0.3, 0.4) is 0 Å². The minimum Gasteiger partial charge on any atom is -0.338 e. The highest BCUT2D eigenvalue weighted by molar-refractivity contribution is 7.71. The number of nitrogens with zero attached hydrogens (tertiary/aromatic N) is 3. The summed E-state index contributed by atoms with van der Waals surface area (Å²) in [4.78, 5) is 8.14. The van der Waals surface area contributed by atoms with Crippen LogP contribution in [0.25, 0.3) is 0 Å². The largest absolute Gasteiger partial charge is 0.338 e. The van der Waals surface area contributed by atoms with Crippen LogP contribution in [-0.2, 0) is 12.2 Å². The molecule has 3 heterocycles. The average Bonchev–Trinajstić information content (AvgIpc) is 2.93. The minimum absolute atomic E-state index is 0.0718. The molecule has 0 saturated heterocycles. The van der Waals surface area contributed by atoms with Crippen LogP contribution in [0.5, 0.6) is 0 Å². The average molecular weight is 348 g/mol. The Balaban J connectivity index is 1.80. The fourth-order valence-electron chi connectivity index (χ4n) is 3.69. The maximum Gasteiger partial charge on any atom is 0.133 e. The molecule has 1 aliphatic heterocycles. The molecule has 1 fully saturated rings. The van der Waals surface area contributed by atoms with Gasteiger partial charge in [-0.3, -0.25) is 5.32 Å². The zero-order valence-corrected chi connectivity index (χ0v) is 14.3. The van der Waals surface area contributed by atoms with Crippen LogP contribution in [0.15, 0.2) is 24.7 Å². The number of aromatic nitrogens is 3. The van der Waals surface area contributed by atoms with Crippen molar-refractivity contribution in [2.75, 3.05) is 5.32 Å². The van der Waals surface area contributed by atoms with Crippen molar-refractivity contribution in [2.45, 2.75) is 44.3 Å². The van der Waals surface area contributed by atoms with Gasteiger partial charge >= 0.3 is 0 Å². The lowest BCUT2D eigenvalue weighted by Gasteiger charge is -2.36. The Labute approximate surface area is 145 Å². The SMILES string of the molecule is S=c1c(Nc2ccncn2)cc(Cl)c2n1C1(CCCCC1)NC2. The van der Waals surface area contributed by atoms with Crippen molar-refractivity contribution >= 4 is 35.3 Å². The van der Waals surface area contributed by atoms with Crippen LogP contribution < -0.4 is 10.6 Å². The fraction of sp³-hybridized carbons (Fsp3) is 0.438. The second kappa shape index (κ2) is 5.85. The van der Waals surface area contributed by atoms with Crippen molar-refractivity contribution in [1.82, 2.24) is 19.9 Å². The second-order valence-electron chi connectivity index (χ2n) is 6.16. The molecule has 7 heteroatoms. The van der Waals surface area contributed by atoms with Gasteiger partial charge in [0.25, 0.3) is 0 Å². The molecule has 0 aromatic carbocycles. The maximum absolute atomic E-state index is 6.54. The molecule has 5 nitrogen and oxygen atoms in total. The molecule has 2 aromatic rings. The molecule has 1 saturated carbocycles. The predicted molar refractivity (Wildman–Crippen MR) is 93.5 cm³/mol. The number of halogens is 1. The summed E-state index contributed by atoms with van der Waals surface area (Å²) in [5.74, 6) is 0.714. The lowest BCUT2D eigenvalue weighted by Crippen LogP contribution is -2.43. The number of hydrogen-bond donors (Lipinski definition) is 2. The Bertz CT molecular complexity index is 783. The summed E-state index contributed by atoms with van der Waals surface area (Å²) in [6.45, 7) is 0.774. The molecule has 2 aliphatic rings. The summed E-state index contributed by atoms with van der Waals surface area (Å²) in [6, 6.07) is 3.72. The molecule has 0 unspecified atom stereocenters. The summed E-state index contributed by atoms with van der Waals surface area (Å²) < 4.78 is 3.03. The van der Waals surface area contributed by atoms with E-state index in [4.69, 9.17) is 23.8 Å². The van der Waals surface area contributed by atoms with Crippen LogP contribution in [0, 0.1) is 4.64 Å². The Hall–Kier alpha value is -1.50. The molecule has 0 amide bonds. The number of pyridine rings is 1. The van der Waals surface area contributed by atoms with Crippen molar-refractivity contribution in [1.29, 1.82) is 0 Å². The van der Waals surface area contributed by atoms with E-state index in [-0.39, 0.29) is 5.66 Å². The zero-order chi connectivity index (χ0) is 15.9. The van der Waals surface area contributed by atoms with E-state index in [0.717, 1.165) is 40.4 Å². The van der Waals surface area contributed by atoms with E-state index < -0.39 is 0 Å². The highest BCUT2D eigenvalue weighted by atomic mass is 35.5. The Morgan fingerprint density at radius 3 is 2.87 bits per heavy atom. The molecule has 120 valence electrons. The van der Waals surface area contributed by atoms with Gasteiger partial charge in [0.15, 0.2) is 0 Å². The van der Waals surface area contributed by atoms with Crippen LogP contribution in [0.4, 0.5) is 11.5 Å². The summed E-state index contributed by atoms with van der Waals surface area (Å²) in [5, 5.41) is 7.69. The first-order chi connectivity index (χ1) is 11.2. The molecular weight excluding hydrogens is 330 g/mol. The summed E-state index contributed by atoms with van der Waals surface area (Å²) in [6.07, 6.45) is 9.13. The minimum atomic E-state index is -0.0718. The highest BCUT2D eigenvalue weighted by Crippen LogP contribution is 2.41. The first kappa shape index (κ1) is 15.1. The number of rotatable bonds is 2. The Kier molecular flexibility index (Phi) is 3.83. The van der Waals surface area contributed by atoms with E-state index in [1.54, 1.807) is 6.20 Å². The van der Waals surface area contributed by atoms with Crippen LogP contribution in [-0.4, -0.2) is 14.5 Å². The summed E-state index contributed by atoms with van der Waals surface area (Å²) >= 11 is 12.3. The third kappa shape index (κ3) is 2.55. The maximum atomic E-state index is 6.54. The van der Waals surface area contributed by atoms with Crippen molar-refractivity contribution in [3.05, 3.63) is 40.0 Å². The molecule has 1 aliphatic carbocycles. The van der Waals surface area contributed by atoms with E-state index in [9.17, 15) is 0 Å². The smallest absolute Gasteiger partial charge is 0.133 e. The number of nitrogens with one attached hydrogen (secondary N) is 2. The first-order valence-electron chi connectivity index (χ1n) is 7.93. The van der Waals surface area contributed by atoms with Crippen LogP contribution in [0.1, 0.15) is 37.8 Å². The van der Waals surface area contributed by atoms with Gasteiger partial charge in [-0.1, -0.05) is 30.2 Å². The topological polar surface area (TPSA) is 54.8 Å². The van der Waals surface area contributed by atoms with Crippen LogP contribution >= 0.6 is 23.8 Å². The van der Waals surface area contributed by atoms with E-state index in [0.29, 0.717) is 5.82 Å². The van der Waals surface area contributed by atoms with E-state index >= 15 is 0 Å². The molecular formula is C16H18ClN5S. The highest BCUT2D eigenvalue weighted by Gasteiger charge is 2.40. The van der Waals surface area contributed by atoms with Crippen molar-refractivity contribution in [3.63, 3.8) is 0 Å². The number of hydrogen-bond acceptors (Lipinski definition) is 5. The van der Waals surface area contributed by atoms with Gasteiger partial charge in [0.2, 0.25) is 0 Å². The van der Waals surface area contributed by atoms with Crippen molar-refractivity contribution in [3.8, 4) is 0 Å². The quantitative estimate of drug-likeness (QED) is 0.800. The molecule has 4 rings (SSSR count). The van der Waals surface area contributed by atoms with E-state index in [2.05, 4.69) is 25.2 Å². The van der Waals surface area contributed by atoms with Gasteiger partial charge in [-0.15, -0.1) is 0 Å². The van der Waals surface area contributed by atoms with Gasteiger partial charge in [0.1, 0.15) is 16.8 Å². The van der Waals surface area contributed by atoms with Crippen LogP contribution in [0.2, 0.25) is 5.02 Å². The molecule has 0 radical (unpaired) electrons. The normalized spacial score (nSPS) is 18.8. The third-order valence-electron chi connectivity index (χ3n) is 4.79. The fourth-order valence-corrected chi connectivity index (χ4v) is 4.35. The number of fused-ring (bicyclic) bond motifs is 2. The van der Waals surface area contributed by atoms with Gasteiger partial charge in [0.05, 0.1) is 22.1 Å². The van der Waals surface area contributed by atoms with Gasteiger partial charge in [0, 0.05) is 12.7 Å². The molecule has 0 bridgehead atoms. The van der Waals surface area contributed by atoms with Crippen molar-refractivity contribution in [2.24, 2.45) is 0 Å². The third-order valence-corrected chi connectivity index (χ3v) is 5.52. The van der Waals surface area contributed by atoms with Gasteiger partial charge in [-0.2, -0.15) is 0 Å². The zero-order valence-electron chi connectivity index (χ0n) is 12.7. The van der Waals surface area contributed by atoms with Crippen molar-refractivity contribution < 1.29 is 0 Å².